The van der Waals surface area contributed by atoms with Crippen molar-refractivity contribution in [3.63, 3.8) is 0 Å². The second-order valence-electron chi connectivity index (χ2n) is 7.46. The summed E-state index contributed by atoms with van der Waals surface area (Å²) in [6.45, 7) is 13.6. The molecule has 0 N–H and O–H groups in total. The van der Waals surface area contributed by atoms with E-state index in [0.29, 0.717) is 0 Å². The van der Waals surface area contributed by atoms with Gasteiger partial charge in [-0.2, -0.15) is 0 Å². The number of rotatable bonds is 3. The summed E-state index contributed by atoms with van der Waals surface area (Å²) in [7, 11) is 0. The molecule has 2 heteroatoms. The largest absolute Gasteiger partial charge is 0.119 e. The standard InChI is InChI=1S/C20H26S2/c1-19(2,3)21-17-13-12-16(15-10-8-7-9-11-15)14-18(17)22-20(4,5)6/h7-14H,1-6H3. The van der Waals surface area contributed by atoms with Crippen LogP contribution in [0.4, 0.5) is 0 Å². The number of thioether (sulfide) groups is 2. The van der Waals surface area contributed by atoms with E-state index >= 15 is 0 Å². The quantitative estimate of drug-likeness (QED) is 0.549. The topological polar surface area (TPSA) is 0 Å². The Bertz CT molecular complexity index is 616. The second-order valence-corrected chi connectivity index (χ2v) is 11.2. The zero-order valence-electron chi connectivity index (χ0n) is 14.4. The summed E-state index contributed by atoms with van der Waals surface area (Å²) in [5.41, 5.74) is 2.58. The van der Waals surface area contributed by atoms with E-state index in [1.807, 2.05) is 23.5 Å². The van der Waals surface area contributed by atoms with Crippen molar-refractivity contribution >= 4 is 23.5 Å². The summed E-state index contributed by atoms with van der Waals surface area (Å²) in [4.78, 5) is 2.76. The Morgan fingerprint density at radius 3 is 1.68 bits per heavy atom. The SMILES string of the molecule is CC(C)(C)Sc1ccc(-c2ccccc2)cc1SC(C)(C)C. The van der Waals surface area contributed by atoms with Gasteiger partial charge in [-0.25, -0.2) is 0 Å². The van der Waals surface area contributed by atoms with Crippen LogP contribution < -0.4 is 0 Å². The highest BCUT2D eigenvalue weighted by atomic mass is 32.2. The van der Waals surface area contributed by atoms with Gasteiger partial charge in [0.2, 0.25) is 0 Å². The normalized spacial score (nSPS) is 12.5. The molecule has 118 valence electrons. The molecule has 2 aromatic carbocycles. The Labute approximate surface area is 144 Å². The first-order valence-electron chi connectivity index (χ1n) is 7.72. The van der Waals surface area contributed by atoms with Crippen LogP contribution in [-0.4, -0.2) is 9.49 Å². The van der Waals surface area contributed by atoms with Crippen LogP contribution in [0.1, 0.15) is 41.5 Å². The summed E-state index contributed by atoms with van der Waals surface area (Å²) >= 11 is 3.91. The lowest BCUT2D eigenvalue weighted by molar-refractivity contribution is 0.794. The van der Waals surface area contributed by atoms with Crippen LogP contribution in [-0.2, 0) is 0 Å². The first kappa shape index (κ1) is 17.5. The third-order valence-electron chi connectivity index (χ3n) is 2.88. The maximum Gasteiger partial charge on any atom is 0.0220 e. The highest BCUT2D eigenvalue weighted by Crippen LogP contribution is 2.43. The third-order valence-corrected chi connectivity index (χ3v) is 5.37. The molecular weight excluding hydrogens is 304 g/mol. The van der Waals surface area contributed by atoms with E-state index in [9.17, 15) is 0 Å². The molecule has 0 bridgehead atoms. The van der Waals surface area contributed by atoms with Gasteiger partial charge in [0.1, 0.15) is 0 Å². The van der Waals surface area contributed by atoms with Crippen LogP contribution in [0.2, 0.25) is 0 Å². The minimum atomic E-state index is 0.211. The molecule has 22 heavy (non-hydrogen) atoms. The monoisotopic (exact) mass is 330 g/mol. The van der Waals surface area contributed by atoms with E-state index in [-0.39, 0.29) is 9.49 Å². The molecule has 0 radical (unpaired) electrons. The van der Waals surface area contributed by atoms with Gasteiger partial charge in [-0.05, 0) is 23.3 Å². The smallest absolute Gasteiger partial charge is 0.0220 e. The van der Waals surface area contributed by atoms with Crippen molar-refractivity contribution < 1.29 is 0 Å². The van der Waals surface area contributed by atoms with Gasteiger partial charge in [0, 0.05) is 19.3 Å². The third kappa shape index (κ3) is 5.40. The van der Waals surface area contributed by atoms with Crippen LogP contribution in [0.25, 0.3) is 11.1 Å². The van der Waals surface area contributed by atoms with Crippen molar-refractivity contribution in [1.29, 1.82) is 0 Å². The van der Waals surface area contributed by atoms with E-state index in [2.05, 4.69) is 90.1 Å². The van der Waals surface area contributed by atoms with Crippen molar-refractivity contribution in [2.45, 2.75) is 60.8 Å². The lowest BCUT2D eigenvalue weighted by Crippen LogP contribution is -2.09. The molecule has 0 aliphatic rings. The summed E-state index contributed by atoms with van der Waals surface area (Å²) in [6, 6.07) is 17.5. The zero-order valence-corrected chi connectivity index (χ0v) is 16.1. The zero-order chi connectivity index (χ0) is 16.4. The van der Waals surface area contributed by atoms with Gasteiger partial charge in [-0.3, -0.25) is 0 Å². The van der Waals surface area contributed by atoms with Crippen molar-refractivity contribution in [3.8, 4) is 11.1 Å². The molecule has 2 aromatic rings. The fourth-order valence-electron chi connectivity index (χ4n) is 2.14. The van der Waals surface area contributed by atoms with E-state index < -0.39 is 0 Å². The van der Waals surface area contributed by atoms with Gasteiger partial charge in [-0.1, -0.05) is 77.9 Å². The van der Waals surface area contributed by atoms with Crippen LogP contribution in [0.3, 0.4) is 0 Å². The molecule has 0 spiro atoms. The van der Waals surface area contributed by atoms with Crippen molar-refractivity contribution in [3.05, 3.63) is 48.5 Å². The molecule has 0 aliphatic carbocycles. The van der Waals surface area contributed by atoms with E-state index in [1.54, 1.807) is 0 Å². The molecule has 0 aliphatic heterocycles. The predicted molar refractivity (Wildman–Crippen MR) is 103 cm³/mol. The van der Waals surface area contributed by atoms with Crippen molar-refractivity contribution in [2.24, 2.45) is 0 Å². The average Bonchev–Trinajstić information content (AvgIpc) is 2.38. The van der Waals surface area contributed by atoms with Gasteiger partial charge in [0.05, 0.1) is 0 Å². The first-order valence-corrected chi connectivity index (χ1v) is 9.35. The first-order chi connectivity index (χ1) is 10.1. The molecule has 0 saturated carbocycles. The predicted octanol–water partition coefficient (Wildman–Crippen LogP) is 7.13. The summed E-state index contributed by atoms with van der Waals surface area (Å²) in [6.07, 6.45) is 0. The summed E-state index contributed by atoms with van der Waals surface area (Å²) < 4.78 is 0.434. The Balaban J connectivity index is 2.43. The van der Waals surface area contributed by atoms with E-state index in [4.69, 9.17) is 0 Å². The van der Waals surface area contributed by atoms with E-state index in [0.717, 1.165) is 0 Å². The molecule has 0 atom stereocenters. The molecule has 0 nitrogen and oxygen atoms in total. The van der Waals surface area contributed by atoms with Crippen molar-refractivity contribution in [1.82, 2.24) is 0 Å². The summed E-state index contributed by atoms with van der Waals surface area (Å²) in [5.74, 6) is 0. The fourth-order valence-corrected chi connectivity index (χ4v) is 4.36. The highest BCUT2D eigenvalue weighted by molar-refractivity contribution is 8.03. The molecule has 0 amide bonds. The molecule has 0 fully saturated rings. The Kier molecular flexibility index (Phi) is 5.34. The number of hydrogen-bond donors (Lipinski definition) is 0. The molecule has 0 unspecified atom stereocenters. The Morgan fingerprint density at radius 1 is 0.591 bits per heavy atom. The van der Waals surface area contributed by atoms with Crippen LogP contribution in [0.5, 0.6) is 0 Å². The fraction of sp³-hybridized carbons (Fsp3) is 0.400. The van der Waals surface area contributed by atoms with Gasteiger partial charge in [0.25, 0.3) is 0 Å². The molecule has 0 heterocycles. The molecule has 0 aromatic heterocycles. The second kappa shape index (κ2) is 6.72. The van der Waals surface area contributed by atoms with E-state index in [1.165, 1.54) is 20.9 Å². The minimum absolute atomic E-state index is 0.211. The lowest BCUT2D eigenvalue weighted by Gasteiger charge is -2.24. The van der Waals surface area contributed by atoms with Crippen LogP contribution in [0.15, 0.2) is 58.3 Å². The highest BCUT2D eigenvalue weighted by Gasteiger charge is 2.19. The molecule has 2 rings (SSSR count). The maximum absolute atomic E-state index is 2.35. The maximum atomic E-state index is 2.35. The summed E-state index contributed by atoms with van der Waals surface area (Å²) in [5, 5.41) is 0. The van der Waals surface area contributed by atoms with Gasteiger partial charge < -0.3 is 0 Å². The minimum Gasteiger partial charge on any atom is -0.119 e. The number of benzene rings is 2. The van der Waals surface area contributed by atoms with Crippen LogP contribution in [0, 0.1) is 0 Å². The molecule has 0 saturated heterocycles. The van der Waals surface area contributed by atoms with Gasteiger partial charge in [0.15, 0.2) is 0 Å². The van der Waals surface area contributed by atoms with Gasteiger partial charge >= 0.3 is 0 Å². The van der Waals surface area contributed by atoms with Gasteiger partial charge in [-0.15, -0.1) is 23.5 Å². The lowest BCUT2D eigenvalue weighted by atomic mass is 10.1. The van der Waals surface area contributed by atoms with Crippen molar-refractivity contribution in [2.75, 3.05) is 0 Å². The number of hydrogen-bond acceptors (Lipinski definition) is 2. The average molecular weight is 331 g/mol. The molecular formula is C20H26S2. The Hall–Kier alpha value is -0.860. The van der Waals surface area contributed by atoms with Crippen LogP contribution >= 0.6 is 23.5 Å². The Morgan fingerprint density at radius 2 is 1.14 bits per heavy atom.